The average Bonchev–Trinajstić information content (AvgIpc) is 2.49. The number of nitrogens with one attached hydrogen (secondary N) is 1. The maximum absolute atomic E-state index is 11.5. The van der Waals surface area contributed by atoms with Crippen LogP contribution in [0.25, 0.3) is 0 Å². The number of nitrogens with zero attached hydrogens (tertiary/aromatic N) is 1. The standard InChI is InChI=1S/C16H20N2O2/c1-11-4-3-5-13(10-17)15(11)18-14-8-6-12(7-9-14)16(19)20-2/h3-5,12,14,18H,6-9H2,1-2H3. The highest BCUT2D eigenvalue weighted by atomic mass is 16.5. The molecule has 0 bridgehead atoms. The van der Waals surface area contributed by atoms with Crippen molar-refractivity contribution in [3.05, 3.63) is 29.3 Å². The highest BCUT2D eigenvalue weighted by molar-refractivity contribution is 5.72. The zero-order valence-corrected chi connectivity index (χ0v) is 12.0. The molecule has 0 radical (unpaired) electrons. The maximum atomic E-state index is 11.5. The Labute approximate surface area is 119 Å². The highest BCUT2D eigenvalue weighted by Crippen LogP contribution is 2.29. The van der Waals surface area contributed by atoms with E-state index in [9.17, 15) is 4.79 Å². The fourth-order valence-electron chi connectivity index (χ4n) is 2.80. The smallest absolute Gasteiger partial charge is 0.308 e. The third kappa shape index (κ3) is 3.11. The first-order valence-electron chi connectivity index (χ1n) is 6.99. The number of hydrogen-bond donors (Lipinski definition) is 1. The van der Waals surface area contributed by atoms with Gasteiger partial charge in [0.05, 0.1) is 24.3 Å². The first-order valence-corrected chi connectivity index (χ1v) is 6.99. The van der Waals surface area contributed by atoms with Gasteiger partial charge in [-0.3, -0.25) is 4.79 Å². The molecule has 4 heteroatoms. The Balaban J connectivity index is 2.00. The summed E-state index contributed by atoms with van der Waals surface area (Å²) in [6, 6.07) is 8.28. The van der Waals surface area contributed by atoms with E-state index in [0.717, 1.165) is 36.9 Å². The Hall–Kier alpha value is -2.02. The number of hydrogen-bond acceptors (Lipinski definition) is 4. The van der Waals surface area contributed by atoms with Crippen molar-refractivity contribution in [2.24, 2.45) is 5.92 Å². The lowest BCUT2D eigenvalue weighted by atomic mass is 9.86. The third-order valence-corrected chi connectivity index (χ3v) is 4.00. The minimum absolute atomic E-state index is 0.0327. The molecule has 0 heterocycles. The maximum Gasteiger partial charge on any atom is 0.308 e. The van der Waals surface area contributed by atoms with Gasteiger partial charge in [0.15, 0.2) is 0 Å². The Morgan fingerprint density at radius 2 is 2.05 bits per heavy atom. The molecule has 1 N–H and O–H groups in total. The number of carbonyl (C=O) groups is 1. The number of esters is 1. The van der Waals surface area contributed by atoms with Gasteiger partial charge in [-0.2, -0.15) is 5.26 Å². The van der Waals surface area contributed by atoms with Crippen LogP contribution in [0.15, 0.2) is 18.2 Å². The summed E-state index contributed by atoms with van der Waals surface area (Å²) in [6.07, 6.45) is 3.55. The molecule has 0 amide bonds. The van der Waals surface area contributed by atoms with Gasteiger partial charge in [0, 0.05) is 6.04 Å². The lowest BCUT2D eigenvalue weighted by Crippen LogP contribution is -2.30. The Morgan fingerprint density at radius 1 is 1.35 bits per heavy atom. The molecule has 0 aliphatic heterocycles. The predicted molar refractivity (Wildman–Crippen MR) is 77.3 cm³/mol. The van der Waals surface area contributed by atoms with Crippen LogP contribution < -0.4 is 5.32 Å². The van der Waals surface area contributed by atoms with Gasteiger partial charge >= 0.3 is 5.97 Å². The molecule has 1 fully saturated rings. The first-order chi connectivity index (χ1) is 9.65. The molecular weight excluding hydrogens is 252 g/mol. The fourth-order valence-corrected chi connectivity index (χ4v) is 2.80. The van der Waals surface area contributed by atoms with Gasteiger partial charge in [0.25, 0.3) is 0 Å². The molecule has 1 aromatic rings. The van der Waals surface area contributed by atoms with Crippen molar-refractivity contribution in [2.45, 2.75) is 38.6 Å². The van der Waals surface area contributed by atoms with Gasteiger partial charge in [-0.05, 0) is 44.2 Å². The second kappa shape index (κ2) is 6.42. The number of ether oxygens (including phenoxy) is 1. The number of nitriles is 1. The number of rotatable bonds is 3. The van der Waals surface area contributed by atoms with Crippen LogP contribution in [-0.2, 0) is 9.53 Å². The lowest BCUT2D eigenvalue weighted by molar-refractivity contribution is -0.146. The van der Waals surface area contributed by atoms with E-state index in [-0.39, 0.29) is 11.9 Å². The summed E-state index contributed by atoms with van der Waals surface area (Å²) in [5.74, 6) is -0.0672. The van der Waals surface area contributed by atoms with E-state index >= 15 is 0 Å². The molecule has 1 aliphatic carbocycles. The van der Waals surface area contributed by atoms with Crippen LogP contribution in [0.4, 0.5) is 5.69 Å². The molecular formula is C16H20N2O2. The molecule has 0 spiro atoms. The van der Waals surface area contributed by atoms with E-state index in [1.165, 1.54) is 7.11 Å². The number of anilines is 1. The second-order valence-electron chi connectivity index (χ2n) is 5.33. The van der Waals surface area contributed by atoms with E-state index in [2.05, 4.69) is 11.4 Å². The Bertz CT molecular complexity index is 526. The molecule has 2 rings (SSSR count). The normalized spacial score (nSPS) is 21.9. The summed E-state index contributed by atoms with van der Waals surface area (Å²) in [4.78, 5) is 11.5. The number of aryl methyl sites for hydroxylation is 1. The minimum Gasteiger partial charge on any atom is -0.469 e. The Kier molecular flexibility index (Phi) is 4.62. The van der Waals surface area contributed by atoms with Crippen molar-refractivity contribution < 1.29 is 9.53 Å². The van der Waals surface area contributed by atoms with E-state index in [1.807, 2.05) is 25.1 Å². The van der Waals surface area contributed by atoms with Gasteiger partial charge in [0.1, 0.15) is 6.07 Å². The summed E-state index contributed by atoms with van der Waals surface area (Å²) in [5, 5.41) is 12.6. The zero-order valence-electron chi connectivity index (χ0n) is 12.0. The summed E-state index contributed by atoms with van der Waals surface area (Å²) < 4.78 is 4.80. The van der Waals surface area contributed by atoms with Crippen LogP contribution in [0, 0.1) is 24.2 Å². The SMILES string of the molecule is COC(=O)C1CCC(Nc2c(C)cccc2C#N)CC1. The predicted octanol–water partition coefficient (Wildman–Crippen LogP) is 3.01. The van der Waals surface area contributed by atoms with Crippen LogP contribution in [0.3, 0.4) is 0 Å². The minimum atomic E-state index is -0.0999. The number of carbonyl (C=O) groups excluding carboxylic acids is 1. The van der Waals surface area contributed by atoms with E-state index < -0.39 is 0 Å². The monoisotopic (exact) mass is 272 g/mol. The van der Waals surface area contributed by atoms with Crippen LogP contribution in [0.2, 0.25) is 0 Å². The van der Waals surface area contributed by atoms with Crippen molar-refractivity contribution >= 4 is 11.7 Å². The molecule has 0 unspecified atom stereocenters. The van der Waals surface area contributed by atoms with Gasteiger partial charge < -0.3 is 10.1 Å². The molecule has 4 nitrogen and oxygen atoms in total. The van der Waals surface area contributed by atoms with Gasteiger partial charge in [0.2, 0.25) is 0 Å². The summed E-state index contributed by atoms with van der Waals surface area (Å²) in [7, 11) is 1.44. The topological polar surface area (TPSA) is 62.1 Å². The largest absolute Gasteiger partial charge is 0.469 e. The lowest BCUT2D eigenvalue weighted by Gasteiger charge is -2.29. The van der Waals surface area contributed by atoms with E-state index in [0.29, 0.717) is 11.6 Å². The van der Waals surface area contributed by atoms with Gasteiger partial charge in [-0.25, -0.2) is 0 Å². The van der Waals surface area contributed by atoms with Crippen molar-refractivity contribution in [3.8, 4) is 6.07 Å². The van der Waals surface area contributed by atoms with Crippen LogP contribution in [-0.4, -0.2) is 19.1 Å². The molecule has 1 aliphatic rings. The number of benzene rings is 1. The van der Waals surface area contributed by atoms with Crippen LogP contribution in [0.5, 0.6) is 0 Å². The molecule has 0 aromatic heterocycles. The van der Waals surface area contributed by atoms with Gasteiger partial charge in [-0.1, -0.05) is 12.1 Å². The summed E-state index contributed by atoms with van der Waals surface area (Å²) >= 11 is 0. The average molecular weight is 272 g/mol. The second-order valence-corrected chi connectivity index (χ2v) is 5.33. The summed E-state index contributed by atoms with van der Waals surface area (Å²) in [6.45, 7) is 2.00. The van der Waals surface area contributed by atoms with E-state index in [1.54, 1.807) is 0 Å². The van der Waals surface area contributed by atoms with Crippen molar-refractivity contribution in [1.82, 2.24) is 0 Å². The van der Waals surface area contributed by atoms with Crippen molar-refractivity contribution in [1.29, 1.82) is 5.26 Å². The van der Waals surface area contributed by atoms with E-state index in [4.69, 9.17) is 10.00 Å². The van der Waals surface area contributed by atoms with Crippen LogP contribution in [0.1, 0.15) is 36.8 Å². The van der Waals surface area contributed by atoms with Gasteiger partial charge in [-0.15, -0.1) is 0 Å². The summed E-state index contributed by atoms with van der Waals surface area (Å²) in [5.41, 5.74) is 2.69. The number of para-hydroxylation sites is 1. The molecule has 0 saturated heterocycles. The number of methoxy groups -OCH3 is 1. The highest BCUT2D eigenvalue weighted by Gasteiger charge is 2.27. The molecule has 1 aromatic carbocycles. The molecule has 0 atom stereocenters. The zero-order chi connectivity index (χ0) is 14.5. The van der Waals surface area contributed by atoms with Crippen molar-refractivity contribution in [3.63, 3.8) is 0 Å². The van der Waals surface area contributed by atoms with Crippen molar-refractivity contribution in [2.75, 3.05) is 12.4 Å². The molecule has 106 valence electrons. The van der Waals surface area contributed by atoms with Crippen LogP contribution >= 0.6 is 0 Å². The first kappa shape index (κ1) is 14.4. The Morgan fingerprint density at radius 3 is 2.65 bits per heavy atom. The quantitative estimate of drug-likeness (QED) is 0.859. The third-order valence-electron chi connectivity index (χ3n) is 4.00. The molecule has 20 heavy (non-hydrogen) atoms. The molecule has 1 saturated carbocycles. The fraction of sp³-hybridized carbons (Fsp3) is 0.500.